The number of hydrogen-bond acceptors (Lipinski definition) is 6. The molecule has 0 radical (unpaired) electrons. The van der Waals surface area contributed by atoms with E-state index in [0.29, 0.717) is 16.3 Å². The SMILES string of the molecule is CCOC(=O)c1sc(NS(=O)(=O)Cc2ccc(Cl)cc2)nc1C. The second-order valence-electron chi connectivity index (χ2n) is 4.64. The summed E-state index contributed by atoms with van der Waals surface area (Å²) in [6.07, 6.45) is 0. The third kappa shape index (κ3) is 4.92. The zero-order valence-electron chi connectivity index (χ0n) is 12.5. The summed E-state index contributed by atoms with van der Waals surface area (Å²) in [6.45, 7) is 3.57. The maximum Gasteiger partial charge on any atom is 0.350 e. The number of aryl methyl sites for hydroxylation is 1. The first-order valence-electron chi connectivity index (χ1n) is 6.70. The number of carbonyl (C=O) groups is 1. The Bertz CT molecular complexity index is 801. The number of anilines is 1. The molecule has 1 aromatic carbocycles. The molecule has 2 rings (SSSR count). The lowest BCUT2D eigenvalue weighted by Crippen LogP contribution is -2.14. The molecule has 0 spiro atoms. The smallest absolute Gasteiger partial charge is 0.350 e. The van der Waals surface area contributed by atoms with Crippen molar-refractivity contribution in [2.24, 2.45) is 0 Å². The minimum atomic E-state index is -3.64. The van der Waals surface area contributed by atoms with E-state index in [1.165, 1.54) is 0 Å². The summed E-state index contributed by atoms with van der Waals surface area (Å²) in [6, 6.07) is 6.52. The Hall–Kier alpha value is -1.64. The van der Waals surface area contributed by atoms with Gasteiger partial charge in [-0.1, -0.05) is 35.1 Å². The molecule has 6 nitrogen and oxygen atoms in total. The van der Waals surface area contributed by atoms with Gasteiger partial charge in [0.15, 0.2) is 5.13 Å². The lowest BCUT2D eigenvalue weighted by atomic mass is 10.2. The van der Waals surface area contributed by atoms with Crippen molar-refractivity contribution >= 4 is 44.1 Å². The molecule has 0 aliphatic heterocycles. The molecule has 9 heteroatoms. The number of rotatable bonds is 6. The van der Waals surface area contributed by atoms with Crippen molar-refractivity contribution in [1.82, 2.24) is 4.98 Å². The van der Waals surface area contributed by atoms with Crippen LogP contribution in [0.5, 0.6) is 0 Å². The van der Waals surface area contributed by atoms with Crippen LogP contribution in [0.1, 0.15) is 27.9 Å². The topological polar surface area (TPSA) is 85.4 Å². The van der Waals surface area contributed by atoms with Gasteiger partial charge in [-0.05, 0) is 31.5 Å². The third-order valence-electron chi connectivity index (χ3n) is 2.77. The molecule has 0 aliphatic rings. The molecule has 1 N–H and O–H groups in total. The highest BCUT2D eigenvalue weighted by atomic mass is 35.5. The third-order valence-corrected chi connectivity index (χ3v) is 5.42. The number of halogens is 1. The quantitative estimate of drug-likeness (QED) is 0.784. The molecule has 0 amide bonds. The fourth-order valence-corrected chi connectivity index (χ4v) is 4.20. The number of nitrogens with one attached hydrogen (secondary N) is 1. The van der Waals surface area contributed by atoms with E-state index in [2.05, 4.69) is 9.71 Å². The van der Waals surface area contributed by atoms with Gasteiger partial charge in [0.1, 0.15) is 4.88 Å². The van der Waals surface area contributed by atoms with E-state index in [0.717, 1.165) is 11.3 Å². The first-order valence-corrected chi connectivity index (χ1v) is 9.55. The molecular weight excluding hydrogens is 360 g/mol. The molecule has 0 unspecified atom stereocenters. The van der Waals surface area contributed by atoms with Crippen molar-refractivity contribution < 1.29 is 17.9 Å². The highest BCUT2D eigenvalue weighted by molar-refractivity contribution is 7.92. The summed E-state index contributed by atoms with van der Waals surface area (Å²) in [5.41, 5.74) is 1.03. The van der Waals surface area contributed by atoms with E-state index in [4.69, 9.17) is 16.3 Å². The van der Waals surface area contributed by atoms with Gasteiger partial charge in [-0.3, -0.25) is 4.72 Å². The standard InChI is InChI=1S/C14H15ClN2O4S2/c1-3-21-13(18)12-9(2)16-14(22-12)17-23(19,20)8-10-4-6-11(15)7-5-10/h4-7H,3,8H2,1-2H3,(H,16,17). The Morgan fingerprint density at radius 2 is 2.00 bits per heavy atom. The van der Waals surface area contributed by atoms with Crippen LogP contribution in [0.3, 0.4) is 0 Å². The van der Waals surface area contributed by atoms with Crippen LogP contribution in [0, 0.1) is 6.92 Å². The lowest BCUT2D eigenvalue weighted by Gasteiger charge is -2.05. The summed E-state index contributed by atoms with van der Waals surface area (Å²) in [4.78, 5) is 16.1. The lowest BCUT2D eigenvalue weighted by molar-refractivity contribution is 0.0531. The number of esters is 1. The van der Waals surface area contributed by atoms with Crippen LogP contribution in [0.2, 0.25) is 5.02 Å². The zero-order valence-corrected chi connectivity index (χ0v) is 14.9. The summed E-state index contributed by atoms with van der Waals surface area (Å²) in [5, 5.41) is 0.674. The van der Waals surface area contributed by atoms with E-state index < -0.39 is 16.0 Å². The normalized spacial score (nSPS) is 11.3. The second-order valence-corrected chi connectivity index (χ2v) is 7.80. The predicted molar refractivity (Wildman–Crippen MR) is 90.5 cm³/mol. The fourth-order valence-electron chi connectivity index (χ4n) is 1.80. The second kappa shape index (κ2) is 7.29. The molecule has 0 saturated carbocycles. The van der Waals surface area contributed by atoms with Gasteiger partial charge in [-0.25, -0.2) is 18.2 Å². The van der Waals surface area contributed by atoms with Gasteiger partial charge < -0.3 is 4.74 Å². The zero-order chi connectivity index (χ0) is 17.0. The van der Waals surface area contributed by atoms with Crippen molar-refractivity contribution in [1.29, 1.82) is 0 Å². The number of hydrogen-bond donors (Lipinski definition) is 1. The number of carbonyl (C=O) groups excluding carboxylic acids is 1. The maximum atomic E-state index is 12.2. The first kappa shape index (κ1) is 17.7. The first-order chi connectivity index (χ1) is 10.8. The Labute approximate surface area is 143 Å². The monoisotopic (exact) mass is 374 g/mol. The number of sulfonamides is 1. The highest BCUT2D eigenvalue weighted by Gasteiger charge is 2.20. The number of aromatic nitrogens is 1. The molecule has 124 valence electrons. The Balaban J connectivity index is 2.13. The van der Waals surface area contributed by atoms with E-state index in [1.807, 2.05) is 0 Å². The van der Waals surface area contributed by atoms with E-state index in [1.54, 1.807) is 38.1 Å². The number of benzene rings is 1. The van der Waals surface area contributed by atoms with E-state index in [-0.39, 0.29) is 22.4 Å². The van der Waals surface area contributed by atoms with Crippen LogP contribution in [-0.4, -0.2) is 26.0 Å². The van der Waals surface area contributed by atoms with Gasteiger partial charge in [0.25, 0.3) is 0 Å². The molecule has 0 aliphatic carbocycles. The fraction of sp³-hybridized carbons (Fsp3) is 0.286. The van der Waals surface area contributed by atoms with Gasteiger partial charge in [0, 0.05) is 5.02 Å². The molecule has 0 atom stereocenters. The molecule has 2 aromatic rings. The van der Waals surface area contributed by atoms with Crippen LogP contribution >= 0.6 is 22.9 Å². The number of thiazole rings is 1. The molecule has 1 aromatic heterocycles. The maximum absolute atomic E-state index is 12.2. The van der Waals surface area contributed by atoms with E-state index in [9.17, 15) is 13.2 Å². The number of ether oxygens (including phenoxy) is 1. The van der Waals surface area contributed by atoms with Gasteiger partial charge in [-0.2, -0.15) is 0 Å². The minimum Gasteiger partial charge on any atom is -0.462 e. The summed E-state index contributed by atoms with van der Waals surface area (Å²) < 4.78 is 31.6. The summed E-state index contributed by atoms with van der Waals surface area (Å²) >= 11 is 6.72. The van der Waals surface area contributed by atoms with Crippen molar-refractivity contribution in [3.05, 3.63) is 45.4 Å². The molecule has 0 saturated heterocycles. The van der Waals surface area contributed by atoms with Crippen molar-refractivity contribution in [3.63, 3.8) is 0 Å². The van der Waals surface area contributed by atoms with Crippen LogP contribution in [0.25, 0.3) is 0 Å². The van der Waals surface area contributed by atoms with Gasteiger partial charge in [-0.15, -0.1) is 0 Å². The van der Waals surface area contributed by atoms with Crippen LogP contribution < -0.4 is 4.72 Å². The van der Waals surface area contributed by atoms with Crippen LogP contribution in [0.4, 0.5) is 5.13 Å². The molecule has 1 heterocycles. The molecule has 0 fully saturated rings. The Morgan fingerprint density at radius 3 is 2.61 bits per heavy atom. The minimum absolute atomic E-state index is 0.138. The average Bonchev–Trinajstić information content (AvgIpc) is 2.81. The van der Waals surface area contributed by atoms with Crippen molar-refractivity contribution in [2.75, 3.05) is 11.3 Å². The van der Waals surface area contributed by atoms with E-state index >= 15 is 0 Å². The van der Waals surface area contributed by atoms with Crippen LogP contribution in [0.15, 0.2) is 24.3 Å². The number of nitrogens with zero attached hydrogens (tertiary/aromatic N) is 1. The van der Waals surface area contributed by atoms with Crippen LogP contribution in [-0.2, 0) is 20.5 Å². The van der Waals surface area contributed by atoms with Gasteiger partial charge in [0.2, 0.25) is 10.0 Å². The van der Waals surface area contributed by atoms with Gasteiger partial charge in [0.05, 0.1) is 18.1 Å². The average molecular weight is 375 g/mol. The Kier molecular flexibility index (Phi) is 5.61. The Morgan fingerprint density at radius 1 is 1.35 bits per heavy atom. The predicted octanol–water partition coefficient (Wildman–Crippen LogP) is 3.22. The molecule has 23 heavy (non-hydrogen) atoms. The largest absolute Gasteiger partial charge is 0.462 e. The van der Waals surface area contributed by atoms with Crippen molar-refractivity contribution in [2.45, 2.75) is 19.6 Å². The van der Waals surface area contributed by atoms with Gasteiger partial charge >= 0.3 is 5.97 Å². The summed E-state index contributed by atoms with van der Waals surface area (Å²) in [5.74, 6) is -0.719. The molecular formula is C14H15ClN2O4S2. The van der Waals surface area contributed by atoms with Crippen molar-refractivity contribution in [3.8, 4) is 0 Å². The molecule has 0 bridgehead atoms. The highest BCUT2D eigenvalue weighted by Crippen LogP contribution is 2.25. The summed E-state index contributed by atoms with van der Waals surface area (Å²) in [7, 11) is -3.64.